The van der Waals surface area contributed by atoms with E-state index in [1.807, 2.05) is 24.3 Å². The Morgan fingerprint density at radius 3 is 2.58 bits per heavy atom. The van der Waals surface area contributed by atoms with Crippen LogP contribution < -0.4 is 10.1 Å². The number of rotatable bonds is 12. The van der Waals surface area contributed by atoms with Gasteiger partial charge in [-0.25, -0.2) is 4.39 Å². The van der Waals surface area contributed by atoms with E-state index < -0.39 is 0 Å². The maximum absolute atomic E-state index is 13.0. The third kappa shape index (κ3) is 7.51. The van der Waals surface area contributed by atoms with Gasteiger partial charge in [0, 0.05) is 24.9 Å². The van der Waals surface area contributed by atoms with Gasteiger partial charge in [0.05, 0.1) is 6.61 Å². The van der Waals surface area contributed by atoms with E-state index in [1.165, 1.54) is 12.1 Å². The van der Waals surface area contributed by atoms with Gasteiger partial charge in [-0.15, -0.1) is 0 Å². The maximum atomic E-state index is 13.0. The molecule has 2 aromatic carbocycles. The van der Waals surface area contributed by atoms with Gasteiger partial charge in [-0.3, -0.25) is 4.79 Å². The maximum Gasteiger partial charge on any atom is 0.226 e. The molecule has 1 N–H and O–H groups in total. The molecule has 1 aromatic heterocycles. The summed E-state index contributed by atoms with van der Waals surface area (Å²) in [7, 11) is 0. The average molecular weight is 426 g/mol. The lowest BCUT2D eigenvalue weighted by atomic mass is 10.1. The molecule has 6 nitrogen and oxygen atoms in total. The zero-order valence-electron chi connectivity index (χ0n) is 17.8. The number of carbonyl (C=O) groups is 1. The van der Waals surface area contributed by atoms with Crippen LogP contribution in [-0.4, -0.2) is 29.2 Å². The van der Waals surface area contributed by atoms with E-state index in [2.05, 4.69) is 22.4 Å². The van der Waals surface area contributed by atoms with Gasteiger partial charge in [-0.1, -0.05) is 30.6 Å². The van der Waals surface area contributed by atoms with Crippen LogP contribution in [-0.2, 0) is 17.6 Å². The van der Waals surface area contributed by atoms with Crippen LogP contribution in [0.15, 0.2) is 53.1 Å². The second-order valence-corrected chi connectivity index (χ2v) is 7.32. The van der Waals surface area contributed by atoms with Crippen molar-refractivity contribution in [2.45, 2.75) is 45.4 Å². The number of nitrogens with one attached hydrogen (secondary N) is 1. The predicted molar refractivity (Wildman–Crippen MR) is 116 cm³/mol. The molecule has 0 saturated carbocycles. The van der Waals surface area contributed by atoms with E-state index >= 15 is 0 Å². The molecule has 0 radical (unpaired) electrons. The second kappa shape index (κ2) is 11.8. The number of aryl methyl sites for hydroxylation is 1. The highest BCUT2D eigenvalue weighted by Gasteiger charge is 2.10. The number of ether oxygens (including phenoxy) is 1. The van der Waals surface area contributed by atoms with E-state index in [0.29, 0.717) is 43.1 Å². The minimum absolute atomic E-state index is 0.00204. The van der Waals surface area contributed by atoms with Gasteiger partial charge in [0.2, 0.25) is 17.6 Å². The van der Waals surface area contributed by atoms with E-state index in [9.17, 15) is 9.18 Å². The predicted octanol–water partition coefficient (Wildman–Crippen LogP) is 4.74. The number of hydrogen-bond donors (Lipinski definition) is 1. The number of amides is 1. The molecule has 164 valence electrons. The largest absolute Gasteiger partial charge is 0.494 e. The number of unbranched alkanes of at least 4 members (excludes halogenated alkanes) is 1. The highest BCUT2D eigenvalue weighted by atomic mass is 19.1. The molecule has 0 aliphatic heterocycles. The molecule has 3 aromatic rings. The minimum Gasteiger partial charge on any atom is -0.494 e. The first kappa shape index (κ1) is 22.5. The van der Waals surface area contributed by atoms with Crippen LogP contribution in [0.2, 0.25) is 0 Å². The molecular weight excluding hydrogens is 397 g/mol. The van der Waals surface area contributed by atoms with Gasteiger partial charge >= 0.3 is 0 Å². The number of nitrogens with zero attached hydrogens (tertiary/aromatic N) is 2. The Morgan fingerprint density at radius 1 is 1.06 bits per heavy atom. The summed E-state index contributed by atoms with van der Waals surface area (Å²) in [6.07, 6.45) is 4.45. The molecule has 0 unspecified atom stereocenters. The van der Waals surface area contributed by atoms with Crippen molar-refractivity contribution in [3.8, 4) is 17.1 Å². The minimum atomic E-state index is -0.313. The molecule has 31 heavy (non-hydrogen) atoms. The number of benzene rings is 2. The molecular formula is C24H28FN3O3. The summed E-state index contributed by atoms with van der Waals surface area (Å²) in [6, 6.07) is 13.9. The van der Waals surface area contributed by atoms with E-state index in [-0.39, 0.29) is 11.7 Å². The Hall–Kier alpha value is -3.22. The Kier molecular flexibility index (Phi) is 8.58. The van der Waals surface area contributed by atoms with Crippen LogP contribution in [0.1, 0.15) is 44.1 Å². The monoisotopic (exact) mass is 425 g/mol. The number of carbonyl (C=O) groups excluding carboxylic acids is 1. The fourth-order valence-electron chi connectivity index (χ4n) is 2.99. The van der Waals surface area contributed by atoms with Gasteiger partial charge in [-0.05, 0) is 61.2 Å². The molecule has 0 aliphatic carbocycles. The fourth-order valence-corrected chi connectivity index (χ4v) is 2.99. The summed E-state index contributed by atoms with van der Waals surface area (Å²) in [5, 5.41) is 6.84. The summed E-state index contributed by atoms with van der Waals surface area (Å²) < 4.78 is 23.9. The SMILES string of the molecule is CCCCOc1ccc(CCNC(=O)CCCc2nc(-c3ccc(F)cc3)no2)cc1. The number of halogens is 1. The second-order valence-electron chi connectivity index (χ2n) is 7.32. The quantitative estimate of drug-likeness (QED) is 0.424. The van der Waals surface area contributed by atoms with Crippen molar-refractivity contribution in [3.05, 3.63) is 65.8 Å². The first-order chi connectivity index (χ1) is 15.1. The molecule has 7 heteroatoms. The lowest BCUT2D eigenvalue weighted by Crippen LogP contribution is -2.25. The fraction of sp³-hybridized carbons (Fsp3) is 0.375. The van der Waals surface area contributed by atoms with E-state index in [1.54, 1.807) is 12.1 Å². The molecule has 1 heterocycles. The van der Waals surface area contributed by atoms with Crippen molar-refractivity contribution >= 4 is 5.91 Å². The molecule has 3 rings (SSSR count). The summed E-state index contributed by atoms with van der Waals surface area (Å²) in [6.45, 7) is 3.46. The number of aromatic nitrogens is 2. The van der Waals surface area contributed by atoms with Gasteiger partial charge in [0.15, 0.2) is 0 Å². The summed E-state index contributed by atoms with van der Waals surface area (Å²) in [5.74, 6) is 1.45. The molecule has 0 atom stereocenters. The Bertz CT molecular complexity index is 939. The zero-order valence-corrected chi connectivity index (χ0v) is 17.8. The zero-order chi connectivity index (χ0) is 21.9. The summed E-state index contributed by atoms with van der Waals surface area (Å²) in [5.41, 5.74) is 1.84. The smallest absolute Gasteiger partial charge is 0.226 e. The van der Waals surface area contributed by atoms with Crippen LogP contribution in [0, 0.1) is 5.82 Å². The van der Waals surface area contributed by atoms with Crippen LogP contribution in [0.5, 0.6) is 5.75 Å². The summed E-state index contributed by atoms with van der Waals surface area (Å²) >= 11 is 0. The highest BCUT2D eigenvalue weighted by molar-refractivity contribution is 5.75. The third-order valence-corrected chi connectivity index (χ3v) is 4.79. The molecule has 1 amide bonds. The molecule has 0 aliphatic rings. The van der Waals surface area contributed by atoms with E-state index in [4.69, 9.17) is 9.26 Å². The molecule has 0 saturated heterocycles. The van der Waals surface area contributed by atoms with Crippen LogP contribution >= 0.6 is 0 Å². The Labute approximate surface area is 181 Å². The van der Waals surface area contributed by atoms with Crippen molar-refractivity contribution in [1.82, 2.24) is 15.5 Å². The topological polar surface area (TPSA) is 77.2 Å². The lowest BCUT2D eigenvalue weighted by Gasteiger charge is -2.07. The van der Waals surface area contributed by atoms with Crippen LogP contribution in [0.25, 0.3) is 11.4 Å². The van der Waals surface area contributed by atoms with Crippen molar-refractivity contribution in [3.63, 3.8) is 0 Å². The van der Waals surface area contributed by atoms with Crippen molar-refractivity contribution in [2.75, 3.05) is 13.2 Å². The van der Waals surface area contributed by atoms with Gasteiger partial charge in [0.25, 0.3) is 0 Å². The Balaban J connectivity index is 1.32. The van der Waals surface area contributed by atoms with E-state index in [0.717, 1.165) is 37.2 Å². The van der Waals surface area contributed by atoms with Crippen molar-refractivity contribution in [2.24, 2.45) is 0 Å². The van der Waals surface area contributed by atoms with Gasteiger partial charge in [-0.2, -0.15) is 4.98 Å². The average Bonchev–Trinajstić information content (AvgIpc) is 3.24. The van der Waals surface area contributed by atoms with Gasteiger partial charge < -0.3 is 14.6 Å². The molecule has 0 fully saturated rings. The molecule has 0 spiro atoms. The van der Waals surface area contributed by atoms with Crippen LogP contribution in [0.4, 0.5) is 4.39 Å². The summed E-state index contributed by atoms with van der Waals surface area (Å²) in [4.78, 5) is 16.3. The Morgan fingerprint density at radius 2 is 1.84 bits per heavy atom. The molecule has 0 bridgehead atoms. The van der Waals surface area contributed by atoms with Crippen molar-refractivity contribution in [1.29, 1.82) is 0 Å². The lowest BCUT2D eigenvalue weighted by molar-refractivity contribution is -0.121. The first-order valence-electron chi connectivity index (χ1n) is 10.7. The number of hydrogen-bond acceptors (Lipinski definition) is 5. The van der Waals surface area contributed by atoms with Gasteiger partial charge in [0.1, 0.15) is 11.6 Å². The first-order valence-corrected chi connectivity index (χ1v) is 10.7. The standard InChI is InChI=1S/C24H28FN3O3/c1-2-3-17-30-21-13-7-18(8-14-21)15-16-26-22(29)5-4-6-23-27-24(28-31-23)19-9-11-20(25)12-10-19/h7-14H,2-6,15-17H2,1H3,(H,26,29). The normalized spacial score (nSPS) is 10.8. The van der Waals surface area contributed by atoms with Crippen molar-refractivity contribution < 1.29 is 18.4 Å². The third-order valence-electron chi connectivity index (χ3n) is 4.79. The van der Waals surface area contributed by atoms with Crippen LogP contribution in [0.3, 0.4) is 0 Å². The highest BCUT2D eigenvalue weighted by Crippen LogP contribution is 2.17.